The number of carbonyl (C=O) groups is 1. The van der Waals surface area contributed by atoms with Gasteiger partial charge in [-0.25, -0.2) is 4.98 Å². The smallest absolute Gasteiger partial charge is 0.251 e. The lowest BCUT2D eigenvalue weighted by atomic mass is 10.1. The summed E-state index contributed by atoms with van der Waals surface area (Å²) in [5, 5.41) is 10.4. The molecule has 0 saturated heterocycles. The molecule has 2 fully saturated rings. The van der Waals surface area contributed by atoms with Crippen LogP contribution in [0.1, 0.15) is 43.0 Å². The number of carbonyl (C=O) groups excluding carboxylic acids is 1. The van der Waals surface area contributed by atoms with E-state index in [4.69, 9.17) is 21.3 Å². The molecule has 38 heavy (non-hydrogen) atoms. The van der Waals surface area contributed by atoms with Crippen molar-refractivity contribution in [3.8, 4) is 17.6 Å². The third-order valence-corrected chi connectivity index (χ3v) is 7.67. The number of pyridine rings is 2. The second-order valence-corrected chi connectivity index (χ2v) is 11.4. The van der Waals surface area contributed by atoms with Crippen molar-refractivity contribution in [2.24, 2.45) is 17.8 Å². The molecule has 0 unspecified atom stereocenters. The fourth-order valence-electron chi connectivity index (χ4n) is 3.90. The number of halogens is 1. The topological polar surface area (TPSA) is 91.4 Å². The van der Waals surface area contributed by atoms with Crippen LogP contribution < -0.4 is 25.0 Å². The monoisotopic (exact) mass is 556 g/mol. The average molecular weight is 557 g/mol. The van der Waals surface area contributed by atoms with E-state index in [0.29, 0.717) is 53.5 Å². The Balaban J connectivity index is 1.40. The van der Waals surface area contributed by atoms with Gasteiger partial charge in [0.05, 0.1) is 23.8 Å². The number of nitrogens with one attached hydrogen (secondary N) is 3. The number of amides is 1. The highest BCUT2D eigenvalue weighted by Gasteiger charge is 2.32. The van der Waals surface area contributed by atoms with Crippen molar-refractivity contribution in [2.45, 2.75) is 38.6 Å². The van der Waals surface area contributed by atoms with E-state index in [1.807, 2.05) is 29.7 Å². The van der Waals surface area contributed by atoms with E-state index in [1.54, 1.807) is 30.4 Å². The van der Waals surface area contributed by atoms with E-state index in [0.717, 1.165) is 18.3 Å². The molecule has 0 spiro atoms. The molecule has 0 aromatic carbocycles. The van der Waals surface area contributed by atoms with Gasteiger partial charge in [0.15, 0.2) is 0 Å². The molecule has 2 saturated carbocycles. The molecular weight excluding hydrogens is 520 g/mol. The molecule has 2 heterocycles. The fraction of sp³-hybridized carbons (Fsp3) is 0.536. The zero-order valence-electron chi connectivity index (χ0n) is 22.3. The van der Waals surface area contributed by atoms with Gasteiger partial charge in [-0.3, -0.25) is 9.78 Å². The second kappa shape index (κ2) is 13.9. The van der Waals surface area contributed by atoms with Gasteiger partial charge in [0.1, 0.15) is 24.0 Å². The first-order valence-corrected chi connectivity index (χ1v) is 14.7. The maximum atomic E-state index is 13.4. The lowest BCUT2D eigenvalue weighted by molar-refractivity contribution is 0.0918. The Morgan fingerprint density at radius 2 is 2.13 bits per heavy atom. The third-order valence-electron chi connectivity index (χ3n) is 6.72. The Kier molecular flexibility index (Phi) is 10.4. The van der Waals surface area contributed by atoms with Crippen LogP contribution in [0.3, 0.4) is 0 Å². The number of rotatable bonds is 14. The number of nitrogens with zero attached hydrogens (tertiary/aromatic N) is 3. The summed E-state index contributed by atoms with van der Waals surface area (Å²) in [7, 11) is 1.94. The van der Waals surface area contributed by atoms with Gasteiger partial charge in [-0.1, -0.05) is 42.3 Å². The van der Waals surface area contributed by atoms with Crippen LogP contribution in [-0.4, -0.2) is 61.5 Å². The molecule has 3 atom stereocenters. The highest BCUT2D eigenvalue weighted by molar-refractivity contribution is 7.99. The summed E-state index contributed by atoms with van der Waals surface area (Å²) in [5.41, 5.74) is 0.555. The molecule has 2 aromatic heterocycles. The molecule has 8 nitrogen and oxygen atoms in total. The third kappa shape index (κ3) is 9.26. The highest BCUT2D eigenvalue weighted by atomic mass is 35.5. The maximum Gasteiger partial charge on any atom is 0.251 e. The van der Waals surface area contributed by atoms with Crippen molar-refractivity contribution in [2.75, 3.05) is 49.2 Å². The molecule has 4 rings (SSSR count). The average Bonchev–Trinajstić information content (AvgIpc) is 3.85. The van der Waals surface area contributed by atoms with Gasteiger partial charge in [0.2, 0.25) is 0 Å². The number of aromatic nitrogens is 2. The van der Waals surface area contributed by atoms with E-state index >= 15 is 0 Å². The van der Waals surface area contributed by atoms with Gasteiger partial charge in [-0.15, -0.1) is 0 Å². The molecule has 3 N–H and O–H groups in total. The van der Waals surface area contributed by atoms with E-state index in [2.05, 4.69) is 39.7 Å². The van der Waals surface area contributed by atoms with Gasteiger partial charge >= 0.3 is 0 Å². The van der Waals surface area contributed by atoms with Crippen molar-refractivity contribution < 1.29 is 9.53 Å². The summed E-state index contributed by atoms with van der Waals surface area (Å²) < 4.78 is 7.88. The van der Waals surface area contributed by atoms with Crippen molar-refractivity contribution in [3.05, 3.63) is 41.2 Å². The summed E-state index contributed by atoms with van der Waals surface area (Å²) in [6.07, 6.45) is 9.50. The Morgan fingerprint density at radius 1 is 1.32 bits per heavy atom. The second-order valence-electron chi connectivity index (χ2n) is 10.0. The van der Waals surface area contributed by atoms with Crippen molar-refractivity contribution in [1.29, 1.82) is 0 Å². The van der Waals surface area contributed by atoms with Gasteiger partial charge in [-0.05, 0) is 56.2 Å². The van der Waals surface area contributed by atoms with Crippen LogP contribution >= 0.6 is 23.5 Å². The quantitative estimate of drug-likeness (QED) is 0.178. The van der Waals surface area contributed by atoms with Gasteiger partial charge in [0, 0.05) is 43.6 Å². The van der Waals surface area contributed by atoms with Crippen LogP contribution in [0.25, 0.3) is 0 Å². The number of ether oxygens (including phenoxy) is 1. The maximum absolute atomic E-state index is 13.4. The van der Waals surface area contributed by atoms with Crippen molar-refractivity contribution in [3.63, 3.8) is 0 Å². The molecule has 2 aliphatic carbocycles. The standard InChI is InChI=1S/C28H37ClN6O2S/c1-19-11-22(19)15-32-26-12-21(13-27(34-26)35(2)38-3)28(36)33-24(8-10-30-9-4-5-20-6-7-20)18-37-25-14-23(29)16-31-17-25/h12-14,16-17,19-20,22,24,30H,6-11,15,18H2,1-3H3,(H,32,34)(H,33,36)/t19-,22+,24+/m0/s1. The number of anilines is 2. The predicted octanol–water partition coefficient (Wildman–Crippen LogP) is 4.48. The number of hydrogen-bond acceptors (Lipinski definition) is 8. The van der Waals surface area contributed by atoms with Crippen molar-refractivity contribution >= 4 is 41.1 Å². The minimum absolute atomic E-state index is 0.169. The van der Waals surface area contributed by atoms with E-state index < -0.39 is 0 Å². The van der Waals surface area contributed by atoms with Crippen molar-refractivity contribution in [1.82, 2.24) is 20.6 Å². The molecule has 10 heteroatoms. The molecule has 0 bridgehead atoms. The highest BCUT2D eigenvalue weighted by Crippen LogP contribution is 2.37. The zero-order valence-corrected chi connectivity index (χ0v) is 23.9. The largest absolute Gasteiger partial charge is 0.490 e. The summed E-state index contributed by atoms with van der Waals surface area (Å²) >= 11 is 7.60. The first-order valence-electron chi connectivity index (χ1n) is 13.2. The Labute approximate surface area is 235 Å². The van der Waals surface area contributed by atoms with Crippen LogP contribution in [0.5, 0.6) is 5.75 Å². The molecule has 0 aliphatic heterocycles. The molecule has 2 aliphatic rings. The van der Waals surface area contributed by atoms with Gasteiger partial charge in [0.25, 0.3) is 5.91 Å². The molecule has 1 amide bonds. The first kappa shape index (κ1) is 28.3. The van der Waals surface area contributed by atoms with Crippen LogP contribution in [0.15, 0.2) is 30.6 Å². The number of hydrogen-bond donors (Lipinski definition) is 3. The normalized spacial score (nSPS) is 18.6. The Bertz CT molecular complexity index is 1150. The zero-order chi connectivity index (χ0) is 26.9. The predicted molar refractivity (Wildman–Crippen MR) is 156 cm³/mol. The van der Waals surface area contributed by atoms with Crippen LogP contribution in [0, 0.1) is 29.6 Å². The minimum Gasteiger partial charge on any atom is -0.490 e. The molecule has 204 valence electrons. The van der Waals surface area contributed by atoms with Crippen LogP contribution in [0.4, 0.5) is 11.6 Å². The summed E-state index contributed by atoms with van der Waals surface area (Å²) in [4.78, 5) is 22.2. The minimum atomic E-state index is -0.232. The van der Waals surface area contributed by atoms with Gasteiger partial charge in [-0.2, -0.15) is 0 Å². The first-order chi connectivity index (χ1) is 18.4. The molecular formula is C28H37ClN6O2S. The van der Waals surface area contributed by atoms with Gasteiger partial charge < -0.3 is 25.0 Å². The summed E-state index contributed by atoms with van der Waals surface area (Å²) in [6, 6.07) is 5.13. The lowest BCUT2D eigenvalue weighted by Crippen LogP contribution is -2.41. The Hall–Kier alpha value is -2.67. The molecule has 2 aromatic rings. The summed E-state index contributed by atoms with van der Waals surface area (Å²) in [6.45, 7) is 4.74. The van der Waals surface area contributed by atoms with Crippen LogP contribution in [-0.2, 0) is 0 Å². The van der Waals surface area contributed by atoms with Crippen LogP contribution in [0.2, 0.25) is 5.02 Å². The SMILES string of the molecule is CSN(C)c1cc(C(=O)N[C@H](CCNCC#CC2CC2)COc2cncc(Cl)c2)cc(NC[C@H]2C[C@@H]2C)n1. The fourth-order valence-corrected chi connectivity index (χ4v) is 4.34. The molecule has 0 radical (unpaired) electrons. The van der Waals surface area contributed by atoms with E-state index in [1.165, 1.54) is 19.3 Å². The van der Waals surface area contributed by atoms with E-state index in [9.17, 15) is 4.79 Å². The Morgan fingerprint density at radius 3 is 2.84 bits per heavy atom. The lowest BCUT2D eigenvalue weighted by Gasteiger charge is -2.21. The van der Waals surface area contributed by atoms with E-state index in [-0.39, 0.29) is 18.6 Å². The summed E-state index contributed by atoms with van der Waals surface area (Å²) in [5.74, 6) is 10.3.